The maximum atomic E-state index is 12.2. The van der Waals surface area contributed by atoms with Crippen LogP contribution in [0, 0.1) is 0 Å². The van der Waals surface area contributed by atoms with Crippen molar-refractivity contribution in [3.05, 3.63) is 53.7 Å². The topological polar surface area (TPSA) is 93.5 Å². The van der Waals surface area contributed by atoms with Gasteiger partial charge in [0.25, 0.3) is 5.91 Å². The van der Waals surface area contributed by atoms with Gasteiger partial charge in [-0.1, -0.05) is 30.3 Å². The minimum atomic E-state index is -0.900. The Balaban J connectivity index is 2.16. The van der Waals surface area contributed by atoms with Crippen LogP contribution in [-0.4, -0.2) is 31.0 Å². The molecular formula is C15H17N3O4. The van der Waals surface area contributed by atoms with Crippen LogP contribution in [0.1, 0.15) is 28.0 Å². The maximum absolute atomic E-state index is 12.2. The van der Waals surface area contributed by atoms with Gasteiger partial charge in [-0.3, -0.25) is 4.79 Å². The van der Waals surface area contributed by atoms with Crippen LogP contribution in [0.3, 0.4) is 0 Å². The minimum absolute atomic E-state index is 0.107. The van der Waals surface area contributed by atoms with Gasteiger partial charge in [0.15, 0.2) is 11.7 Å². The van der Waals surface area contributed by atoms with Gasteiger partial charge in [0.05, 0.1) is 13.7 Å². The fourth-order valence-electron chi connectivity index (χ4n) is 1.89. The molecule has 0 fully saturated rings. The molecule has 0 saturated heterocycles. The van der Waals surface area contributed by atoms with Crippen LogP contribution in [0.4, 0.5) is 0 Å². The number of nitrogens with zero attached hydrogens (tertiary/aromatic N) is 1. The molecule has 0 aliphatic carbocycles. The lowest BCUT2D eigenvalue weighted by molar-refractivity contribution is -0.143. The van der Waals surface area contributed by atoms with Crippen molar-refractivity contribution in [1.82, 2.24) is 15.6 Å². The second kappa shape index (κ2) is 7.37. The van der Waals surface area contributed by atoms with E-state index < -0.39 is 17.9 Å². The van der Waals surface area contributed by atoms with E-state index in [9.17, 15) is 9.59 Å². The Morgan fingerprint density at radius 3 is 2.68 bits per heavy atom. The third-order valence-electron chi connectivity index (χ3n) is 2.96. The van der Waals surface area contributed by atoms with E-state index in [-0.39, 0.29) is 5.69 Å². The number of amides is 1. The number of methoxy groups -OCH3 is 1. The van der Waals surface area contributed by atoms with Crippen molar-refractivity contribution in [3.63, 3.8) is 0 Å². The highest BCUT2D eigenvalue weighted by atomic mass is 16.5. The Morgan fingerprint density at radius 1 is 1.32 bits per heavy atom. The van der Waals surface area contributed by atoms with Crippen LogP contribution in [0.25, 0.3) is 0 Å². The third kappa shape index (κ3) is 3.70. The highest BCUT2D eigenvalue weighted by Crippen LogP contribution is 2.15. The first kappa shape index (κ1) is 15.7. The number of aromatic nitrogens is 1. The zero-order chi connectivity index (χ0) is 15.9. The molecule has 7 heteroatoms. The molecule has 2 N–H and O–H groups in total. The van der Waals surface area contributed by atoms with Gasteiger partial charge in [-0.05, 0) is 12.6 Å². The molecule has 116 valence electrons. The van der Waals surface area contributed by atoms with Gasteiger partial charge in [-0.25, -0.2) is 9.78 Å². The van der Waals surface area contributed by atoms with Gasteiger partial charge in [-0.15, -0.1) is 0 Å². The van der Waals surface area contributed by atoms with E-state index >= 15 is 0 Å². The van der Waals surface area contributed by atoms with Crippen molar-refractivity contribution < 1.29 is 18.7 Å². The average molecular weight is 303 g/mol. The molecule has 0 spiro atoms. The molecule has 1 aromatic carbocycles. The van der Waals surface area contributed by atoms with E-state index in [4.69, 9.17) is 9.15 Å². The Labute approximate surface area is 127 Å². The van der Waals surface area contributed by atoms with Gasteiger partial charge in [-0.2, -0.15) is 0 Å². The summed E-state index contributed by atoms with van der Waals surface area (Å²) in [5.41, 5.74) is 0.733. The molecular weight excluding hydrogens is 286 g/mol. The molecule has 22 heavy (non-hydrogen) atoms. The fraction of sp³-hybridized carbons (Fsp3) is 0.267. The van der Waals surface area contributed by atoms with E-state index in [1.165, 1.54) is 13.4 Å². The molecule has 2 rings (SSSR count). The lowest BCUT2D eigenvalue weighted by atomic mass is 10.1. The average Bonchev–Trinajstić information content (AvgIpc) is 3.01. The lowest BCUT2D eigenvalue weighted by Crippen LogP contribution is -2.34. The molecule has 1 aromatic heterocycles. The van der Waals surface area contributed by atoms with Crippen molar-refractivity contribution in [2.24, 2.45) is 0 Å². The molecule has 1 heterocycles. The van der Waals surface area contributed by atoms with Crippen LogP contribution in [0.2, 0.25) is 0 Å². The molecule has 0 bridgehead atoms. The van der Waals surface area contributed by atoms with Crippen molar-refractivity contribution in [2.45, 2.75) is 12.6 Å². The van der Waals surface area contributed by atoms with Crippen molar-refractivity contribution in [1.29, 1.82) is 0 Å². The first-order valence-corrected chi connectivity index (χ1v) is 6.68. The largest absolute Gasteiger partial charge is 0.467 e. The first-order valence-electron chi connectivity index (χ1n) is 6.68. The predicted octanol–water partition coefficient (Wildman–Crippen LogP) is 1.04. The Bertz CT molecular complexity index is 639. The highest BCUT2D eigenvalue weighted by molar-refractivity contribution is 5.95. The summed E-state index contributed by atoms with van der Waals surface area (Å²) < 4.78 is 9.89. The summed E-state index contributed by atoms with van der Waals surface area (Å²) in [5.74, 6) is -0.675. The van der Waals surface area contributed by atoms with Crippen molar-refractivity contribution in [2.75, 3.05) is 14.2 Å². The smallest absolute Gasteiger partial charge is 0.333 e. The molecule has 0 aliphatic heterocycles. The summed E-state index contributed by atoms with van der Waals surface area (Å²) in [5, 5.41) is 5.47. The van der Waals surface area contributed by atoms with Crippen molar-refractivity contribution in [3.8, 4) is 0 Å². The number of benzene rings is 1. The van der Waals surface area contributed by atoms with Gasteiger partial charge < -0.3 is 19.8 Å². The summed E-state index contributed by atoms with van der Waals surface area (Å²) in [6.07, 6.45) is 1.25. The van der Waals surface area contributed by atoms with Gasteiger partial charge in [0, 0.05) is 0 Å². The zero-order valence-electron chi connectivity index (χ0n) is 12.3. The number of carbonyl (C=O) groups excluding carboxylic acids is 2. The van der Waals surface area contributed by atoms with E-state index in [1.54, 1.807) is 31.3 Å². The number of hydrogen-bond donors (Lipinski definition) is 2. The number of hydrogen-bond acceptors (Lipinski definition) is 6. The van der Waals surface area contributed by atoms with Crippen LogP contribution < -0.4 is 10.6 Å². The van der Waals surface area contributed by atoms with Crippen LogP contribution in [-0.2, 0) is 16.1 Å². The van der Waals surface area contributed by atoms with E-state index in [0.29, 0.717) is 18.0 Å². The number of carbonyl (C=O) groups is 2. The monoisotopic (exact) mass is 303 g/mol. The molecule has 0 aliphatic rings. The number of oxazole rings is 1. The second-order valence-electron chi connectivity index (χ2n) is 4.50. The molecule has 0 saturated carbocycles. The number of ether oxygens (including phenoxy) is 1. The summed E-state index contributed by atoms with van der Waals surface area (Å²) in [7, 11) is 3.01. The first-order chi connectivity index (χ1) is 10.7. The Morgan fingerprint density at radius 2 is 2.05 bits per heavy atom. The normalized spacial score (nSPS) is 11.7. The van der Waals surface area contributed by atoms with E-state index in [1.807, 2.05) is 6.07 Å². The van der Waals surface area contributed by atoms with Crippen LogP contribution in [0.5, 0.6) is 0 Å². The minimum Gasteiger partial charge on any atom is -0.467 e. The third-order valence-corrected chi connectivity index (χ3v) is 2.96. The predicted molar refractivity (Wildman–Crippen MR) is 77.9 cm³/mol. The zero-order valence-corrected chi connectivity index (χ0v) is 12.3. The van der Waals surface area contributed by atoms with Gasteiger partial charge in [0.2, 0.25) is 5.89 Å². The maximum Gasteiger partial charge on any atom is 0.333 e. The van der Waals surface area contributed by atoms with Crippen LogP contribution >= 0.6 is 0 Å². The summed E-state index contributed by atoms with van der Waals surface area (Å²) in [4.78, 5) is 28.1. The molecule has 1 atom stereocenters. The SMILES string of the molecule is CNCc1nc(C(=O)NC(C(=O)OC)c2ccccc2)co1. The van der Waals surface area contributed by atoms with E-state index in [0.717, 1.165) is 0 Å². The number of rotatable bonds is 6. The number of esters is 1. The lowest BCUT2D eigenvalue weighted by Gasteiger charge is -2.15. The quantitative estimate of drug-likeness (QED) is 0.774. The van der Waals surface area contributed by atoms with E-state index in [2.05, 4.69) is 15.6 Å². The fourth-order valence-corrected chi connectivity index (χ4v) is 1.89. The highest BCUT2D eigenvalue weighted by Gasteiger charge is 2.25. The Kier molecular flexibility index (Phi) is 5.26. The van der Waals surface area contributed by atoms with Gasteiger partial charge >= 0.3 is 5.97 Å². The summed E-state index contributed by atoms with van der Waals surface area (Å²) >= 11 is 0. The summed E-state index contributed by atoms with van der Waals surface area (Å²) in [6, 6.07) is 7.94. The molecule has 1 amide bonds. The number of nitrogens with one attached hydrogen (secondary N) is 2. The molecule has 2 aromatic rings. The second-order valence-corrected chi connectivity index (χ2v) is 4.50. The molecule has 7 nitrogen and oxygen atoms in total. The molecule has 1 unspecified atom stereocenters. The van der Waals surface area contributed by atoms with Crippen LogP contribution in [0.15, 0.2) is 41.0 Å². The standard InChI is InChI=1S/C15H17N3O4/c1-16-8-12-17-11(9-22-12)14(19)18-13(15(20)21-2)10-6-4-3-5-7-10/h3-7,9,13,16H,8H2,1-2H3,(H,18,19). The van der Waals surface area contributed by atoms with Gasteiger partial charge in [0.1, 0.15) is 6.26 Å². The molecule has 0 radical (unpaired) electrons. The summed E-state index contributed by atoms with van der Waals surface area (Å²) in [6.45, 7) is 0.409. The Hall–Kier alpha value is -2.67. The van der Waals surface area contributed by atoms with Crippen molar-refractivity contribution >= 4 is 11.9 Å².